The first-order chi connectivity index (χ1) is 10.5. The van der Waals surface area contributed by atoms with Crippen LogP contribution < -0.4 is 10.6 Å². The molecule has 6 heteroatoms. The summed E-state index contributed by atoms with van der Waals surface area (Å²) in [5.74, 6) is -1.91. The fourth-order valence-corrected chi connectivity index (χ4v) is 2.88. The molecular formula is C16H23F2N3O. The molecule has 0 saturated carbocycles. The van der Waals surface area contributed by atoms with Gasteiger partial charge in [0.05, 0.1) is 0 Å². The third-order valence-electron chi connectivity index (χ3n) is 4.16. The number of anilines is 1. The summed E-state index contributed by atoms with van der Waals surface area (Å²) in [6.45, 7) is 5.85. The summed E-state index contributed by atoms with van der Waals surface area (Å²) in [5.41, 5.74) is 0.232. The van der Waals surface area contributed by atoms with Gasteiger partial charge >= 0.3 is 6.03 Å². The maximum Gasteiger partial charge on any atom is 0.319 e. The maximum absolute atomic E-state index is 13.1. The van der Waals surface area contributed by atoms with Crippen LogP contribution in [0.2, 0.25) is 0 Å². The first-order valence-corrected chi connectivity index (χ1v) is 7.73. The summed E-state index contributed by atoms with van der Waals surface area (Å²) in [6.07, 6.45) is 3.63. The van der Waals surface area contributed by atoms with E-state index in [1.54, 1.807) is 0 Å². The molecule has 0 bridgehead atoms. The average molecular weight is 311 g/mol. The monoisotopic (exact) mass is 311 g/mol. The van der Waals surface area contributed by atoms with Gasteiger partial charge in [-0.25, -0.2) is 13.6 Å². The second kappa shape index (κ2) is 7.54. The molecule has 2 amide bonds. The number of carbonyl (C=O) groups is 1. The number of nitrogens with zero attached hydrogens (tertiary/aromatic N) is 1. The highest BCUT2D eigenvalue weighted by Gasteiger charge is 2.23. The van der Waals surface area contributed by atoms with Gasteiger partial charge in [-0.15, -0.1) is 0 Å². The lowest BCUT2D eigenvalue weighted by atomic mass is 10.0. The van der Waals surface area contributed by atoms with Gasteiger partial charge in [0.15, 0.2) is 11.6 Å². The van der Waals surface area contributed by atoms with Crippen LogP contribution in [0.15, 0.2) is 18.2 Å². The van der Waals surface area contributed by atoms with Gasteiger partial charge < -0.3 is 10.6 Å². The number of likely N-dealkylation sites (tertiary alicyclic amines) is 1. The molecule has 0 radical (unpaired) electrons. The lowest BCUT2D eigenvalue weighted by molar-refractivity contribution is 0.114. The van der Waals surface area contributed by atoms with E-state index in [-0.39, 0.29) is 11.7 Å². The van der Waals surface area contributed by atoms with Crippen LogP contribution in [-0.2, 0) is 0 Å². The summed E-state index contributed by atoms with van der Waals surface area (Å²) in [4.78, 5) is 14.2. The first kappa shape index (κ1) is 16.7. The molecule has 22 heavy (non-hydrogen) atoms. The molecule has 1 aromatic carbocycles. The van der Waals surface area contributed by atoms with E-state index < -0.39 is 17.7 Å². The van der Waals surface area contributed by atoms with Gasteiger partial charge in [-0.2, -0.15) is 0 Å². The Labute approximate surface area is 129 Å². The van der Waals surface area contributed by atoms with Gasteiger partial charge in [-0.05, 0) is 45.4 Å². The number of hydrogen-bond acceptors (Lipinski definition) is 2. The topological polar surface area (TPSA) is 44.4 Å². The fourth-order valence-electron chi connectivity index (χ4n) is 2.88. The predicted molar refractivity (Wildman–Crippen MR) is 82.9 cm³/mol. The molecule has 2 rings (SSSR count). The number of carbonyl (C=O) groups excluding carboxylic acids is 1. The highest BCUT2D eigenvalue weighted by molar-refractivity contribution is 5.89. The van der Waals surface area contributed by atoms with Crippen LogP contribution in [-0.4, -0.2) is 36.1 Å². The maximum atomic E-state index is 13.1. The Morgan fingerprint density at radius 1 is 1.36 bits per heavy atom. The van der Waals surface area contributed by atoms with Gasteiger partial charge in [-0.3, -0.25) is 4.90 Å². The summed E-state index contributed by atoms with van der Waals surface area (Å²) in [5, 5.41) is 5.28. The van der Waals surface area contributed by atoms with Crippen molar-refractivity contribution in [2.45, 2.75) is 45.2 Å². The van der Waals surface area contributed by atoms with E-state index in [9.17, 15) is 13.6 Å². The van der Waals surface area contributed by atoms with Crippen LogP contribution in [0.5, 0.6) is 0 Å². The Kier molecular flexibility index (Phi) is 5.71. The molecule has 0 unspecified atom stereocenters. The van der Waals surface area contributed by atoms with Gasteiger partial charge in [0, 0.05) is 30.4 Å². The number of halogens is 2. The standard InChI is InChI=1S/C16H23F2N3O/c1-11-5-3-4-8-21(11)12(2)10-19-16(22)20-13-6-7-14(17)15(18)9-13/h6-7,9,11-12H,3-5,8,10H2,1-2H3,(H2,19,20,22)/t11-,12+/m1/s1. The van der Waals surface area contributed by atoms with Crippen molar-refractivity contribution in [1.82, 2.24) is 10.2 Å². The minimum atomic E-state index is -0.978. The zero-order valence-electron chi connectivity index (χ0n) is 13.0. The van der Waals surface area contributed by atoms with E-state index in [2.05, 4.69) is 29.4 Å². The van der Waals surface area contributed by atoms with E-state index in [0.717, 1.165) is 18.7 Å². The van der Waals surface area contributed by atoms with Crippen molar-refractivity contribution in [1.29, 1.82) is 0 Å². The molecule has 1 fully saturated rings. The normalized spacial score (nSPS) is 20.5. The van der Waals surface area contributed by atoms with Gasteiger partial charge in [0.1, 0.15) is 0 Å². The Hall–Kier alpha value is -1.69. The van der Waals surface area contributed by atoms with E-state index in [1.807, 2.05) is 0 Å². The SMILES string of the molecule is C[C@@H]1CCCCN1[C@@H](C)CNC(=O)Nc1ccc(F)c(F)c1. The van der Waals surface area contributed by atoms with Gasteiger partial charge in [0.2, 0.25) is 0 Å². The van der Waals surface area contributed by atoms with Crippen molar-refractivity contribution < 1.29 is 13.6 Å². The van der Waals surface area contributed by atoms with Crippen molar-refractivity contribution in [2.24, 2.45) is 0 Å². The van der Waals surface area contributed by atoms with Gasteiger partial charge in [0.25, 0.3) is 0 Å². The molecule has 0 aliphatic carbocycles. The summed E-state index contributed by atoms with van der Waals surface area (Å²) in [6, 6.07) is 3.63. The molecule has 2 atom stereocenters. The molecule has 122 valence electrons. The molecule has 1 heterocycles. The van der Waals surface area contributed by atoms with Gasteiger partial charge in [-0.1, -0.05) is 6.42 Å². The summed E-state index contributed by atoms with van der Waals surface area (Å²) in [7, 11) is 0. The molecular weight excluding hydrogens is 288 g/mol. The Balaban J connectivity index is 1.80. The van der Waals surface area contributed by atoms with Crippen LogP contribution in [0.4, 0.5) is 19.3 Å². The minimum Gasteiger partial charge on any atom is -0.336 e. The van der Waals surface area contributed by atoms with E-state index in [1.165, 1.54) is 25.3 Å². The highest BCUT2D eigenvalue weighted by Crippen LogP contribution is 2.18. The number of hydrogen-bond donors (Lipinski definition) is 2. The molecule has 2 N–H and O–H groups in total. The number of rotatable bonds is 4. The van der Waals surface area contributed by atoms with Crippen LogP contribution in [0.25, 0.3) is 0 Å². The fraction of sp³-hybridized carbons (Fsp3) is 0.562. The van der Waals surface area contributed by atoms with Crippen molar-refractivity contribution in [3.63, 3.8) is 0 Å². The summed E-state index contributed by atoms with van der Waals surface area (Å²) < 4.78 is 25.9. The molecule has 1 aromatic rings. The quantitative estimate of drug-likeness (QED) is 0.895. The van der Waals surface area contributed by atoms with Crippen LogP contribution in [0.1, 0.15) is 33.1 Å². The molecule has 0 spiro atoms. The number of benzene rings is 1. The van der Waals surface area contributed by atoms with E-state index >= 15 is 0 Å². The summed E-state index contributed by atoms with van der Waals surface area (Å²) >= 11 is 0. The lowest BCUT2D eigenvalue weighted by Crippen LogP contribution is -2.49. The van der Waals surface area contributed by atoms with Crippen LogP contribution >= 0.6 is 0 Å². The molecule has 1 saturated heterocycles. The average Bonchev–Trinajstić information content (AvgIpc) is 2.49. The van der Waals surface area contributed by atoms with Crippen LogP contribution in [0, 0.1) is 11.6 Å². The highest BCUT2D eigenvalue weighted by atomic mass is 19.2. The number of piperidine rings is 1. The minimum absolute atomic E-state index is 0.232. The number of urea groups is 1. The molecule has 0 aromatic heterocycles. The van der Waals surface area contributed by atoms with Crippen LogP contribution in [0.3, 0.4) is 0 Å². The first-order valence-electron chi connectivity index (χ1n) is 7.73. The second-order valence-electron chi connectivity index (χ2n) is 5.90. The van der Waals surface area contributed by atoms with Crippen molar-refractivity contribution in [2.75, 3.05) is 18.4 Å². The Bertz CT molecular complexity index is 524. The zero-order chi connectivity index (χ0) is 16.1. The lowest BCUT2D eigenvalue weighted by Gasteiger charge is -2.38. The van der Waals surface area contributed by atoms with E-state index in [4.69, 9.17) is 0 Å². The van der Waals surface area contributed by atoms with Crippen molar-refractivity contribution >= 4 is 11.7 Å². The second-order valence-corrected chi connectivity index (χ2v) is 5.90. The molecule has 4 nitrogen and oxygen atoms in total. The van der Waals surface area contributed by atoms with Crippen molar-refractivity contribution in [3.05, 3.63) is 29.8 Å². The third-order valence-corrected chi connectivity index (χ3v) is 4.16. The predicted octanol–water partition coefficient (Wildman–Crippen LogP) is 3.35. The Morgan fingerprint density at radius 2 is 2.14 bits per heavy atom. The van der Waals surface area contributed by atoms with E-state index in [0.29, 0.717) is 12.6 Å². The molecule has 1 aliphatic heterocycles. The number of amides is 2. The Morgan fingerprint density at radius 3 is 2.82 bits per heavy atom. The number of nitrogens with one attached hydrogen (secondary N) is 2. The largest absolute Gasteiger partial charge is 0.336 e. The zero-order valence-corrected chi connectivity index (χ0v) is 13.0. The smallest absolute Gasteiger partial charge is 0.319 e. The third kappa shape index (κ3) is 4.40. The van der Waals surface area contributed by atoms with Crippen molar-refractivity contribution in [3.8, 4) is 0 Å². The molecule has 1 aliphatic rings.